The highest BCUT2D eigenvalue weighted by Gasteiger charge is 2.57. The Morgan fingerprint density at radius 2 is 2.00 bits per heavy atom. The molecule has 1 aromatic carbocycles. The zero-order valence-corrected chi connectivity index (χ0v) is 19.3. The van der Waals surface area contributed by atoms with Gasteiger partial charge in [-0.25, -0.2) is 4.79 Å². The number of ether oxygens (including phenoxy) is 1. The fourth-order valence-corrected chi connectivity index (χ4v) is 6.69. The van der Waals surface area contributed by atoms with Crippen LogP contribution >= 0.6 is 0 Å². The summed E-state index contributed by atoms with van der Waals surface area (Å²) in [4.78, 5) is 12.5. The molecule has 5 heteroatoms. The maximum Gasteiger partial charge on any atom is 0.335 e. The van der Waals surface area contributed by atoms with E-state index in [1.807, 2.05) is 31.2 Å². The van der Waals surface area contributed by atoms with Crippen LogP contribution in [0.5, 0.6) is 0 Å². The van der Waals surface area contributed by atoms with Crippen molar-refractivity contribution >= 4 is 5.97 Å². The fraction of sp³-hybridized carbons (Fsp3) is 0.593. The summed E-state index contributed by atoms with van der Waals surface area (Å²) in [5, 5.41) is 24.7. The standard InChI is InChI=1S/C27H37NO4/c1-18-9-10-23-26(2,13-11-24(30)27(23,3)17-29)21(18)15-22(20-12-14-32-25(20)31)28-16-19-7-5-4-6-8-19/h4-8,12,21-24,28-30H,1,9-11,13-17H2,2-3H3. The summed E-state index contributed by atoms with van der Waals surface area (Å²) in [5.74, 6) is 0.165. The van der Waals surface area contributed by atoms with E-state index >= 15 is 0 Å². The Labute approximate surface area is 191 Å². The van der Waals surface area contributed by atoms with Gasteiger partial charge < -0.3 is 20.3 Å². The molecule has 4 rings (SSSR count). The van der Waals surface area contributed by atoms with Crippen molar-refractivity contribution in [1.82, 2.24) is 5.32 Å². The van der Waals surface area contributed by atoms with Gasteiger partial charge in [0.2, 0.25) is 0 Å². The Morgan fingerprint density at radius 3 is 2.66 bits per heavy atom. The summed E-state index contributed by atoms with van der Waals surface area (Å²) in [6.45, 7) is 9.78. The Bertz CT molecular complexity index is 881. The molecular weight excluding hydrogens is 402 g/mol. The number of esters is 1. The van der Waals surface area contributed by atoms with E-state index in [1.54, 1.807) is 0 Å². The summed E-state index contributed by atoms with van der Waals surface area (Å²) >= 11 is 0. The third-order valence-electron chi connectivity index (χ3n) is 8.69. The first-order valence-corrected chi connectivity index (χ1v) is 11.9. The van der Waals surface area contributed by atoms with Crippen molar-refractivity contribution < 1.29 is 19.7 Å². The zero-order valence-electron chi connectivity index (χ0n) is 19.3. The second-order valence-corrected chi connectivity index (χ2v) is 10.4. The summed E-state index contributed by atoms with van der Waals surface area (Å²) in [5.41, 5.74) is 2.51. The third kappa shape index (κ3) is 4.07. The molecule has 2 saturated carbocycles. The second kappa shape index (κ2) is 9.12. The van der Waals surface area contributed by atoms with Gasteiger partial charge in [-0.05, 0) is 61.0 Å². The Kier molecular flexibility index (Phi) is 6.62. The average Bonchev–Trinajstić information content (AvgIpc) is 3.22. The molecule has 1 heterocycles. The van der Waals surface area contributed by atoms with Crippen molar-refractivity contribution in [3.63, 3.8) is 0 Å². The average molecular weight is 440 g/mol. The van der Waals surface area contributed by atoms with Gasteiger partial charge in [0.15, 0.2) is 0 Å². The number of benzene rings is 1. The molecule has 2 fully saturated rings. The lowest BCUT2D eigenvalue weighted by Crippen LogP contribution is -2.58. The minimum absolute atomic E-state index is 0.0131. The van der Waals surface area contributed by atoms with Gasteiger partial charge in [0.1, 0.15) is 6.61 Å². The Balaban J connectivity index is 1.61. The molecule has 1 aliphatic heterocycles. The number of carbonyl (C=O) groups excluding carboxylic acids is 1. The number of aliphatic hydroxyl groups excluding tert-OH is 2. The number of fused-ring (bicyclic) bond motifs is 1. The first-order chi connectivity index (χ1) is 15.3. The van der Waals surface area contributed by atoms with E-state index in [1.165, 1.54) is 11.1 Å². The van der Waals surface area contributed by atoms with E-state index in [9.17, 15) is 15.0 Å². The molecule has 0 spiro atoms. The van der Waals surface area contributed by atoms with Gasteiger partial charge >= 0.3 is 5.97 Å². The predicted octanol–water partition coefficient (Wildman–Crippen LogP) is 3.76. The Hall–Kier alpha value is -1.95. The van der Waals surface area contributed by atoms with Crippen LogP contribution in [-0.2, 0) is 16.1 Å². The van der Waals surface area contributed by atoms with Gasteiger partial charge in [-0.3, -0.25) is 0 Å². The predicted molar refractivity (Wildman–Crippen MR) is 125 cm³/mol. The number of cyclic esters (lactones) is 1. The maximum atomic E-state index is 12.5. The fourth-order valence-electron chi connectivity index (χ4n) is 6.69. The molecule has 0 aromatic heterocycles. The van der Waals surface area contributed by atoms with E-state index in [-0.39, 0.29) is 35.9 Å². The number of carbonyl (C=O) groups is 1. The molecule has 6 unspecified atom stereocenters. The molecule has 3 aliphatic rings. The minimum atomic E-state index is -0.509. The van der Waals surface area contributed by atoms with Crippen LogP contribution in [0.3, 0.4) is 0 Å². The van der Waals surface area contributed by atoms with Gasteiger partial charge in [0, 0.05) is 18.0 Å². The first-order valence-electron chi connectivity index (χ1n) is 11.9. The Morgan fingerprint density at radius 1 is 1.25 bits per heavy atom. The highest BCUT2D eigenvalue weighted by atomic mass is 16.5. The lowest BCUT2D eigenvalue weighted by Gasteiger charge is -2.60. The van der Waals surface area contributed by atoms with Crippen molar-refractivity contribution in [2.24, 2.45) is 22.7 Å². The minimum Gasteiger partial charge on any atom is -0.458 e. The van der Waals surface area contributed by atoms with E-state index in [0.717, 1.165) is 25.7 Å². The lowest BCUT2D eigenvalue weighted by atomic mass is 9.46. The van der Waals surface area contributed by atoms with Crippen LogP contribution in [0.25, 0.3) is 0 Å². The van der Waals surface area contributed by atoms with Crippen LogP contribution < -0.4 is 5.32 Å². The van der Waals surface area contributed by atoms with Crippen LogP contribution in [0, 0.1) is 22.7 Å². The summed E-state index contributed by atoms with van der Waals surface area (Å²) in [6, 6.07) is 10.1. The third-order valence-corrected chi connectivity index (χ3v) is 8.69. The highest BCUT2D eigenvalue weighted by molar-refractivity contribution is 5.91. The number of rotatable bonds is 7. The lowest BCUT2D eigenvalue weighted by molar-refractivity contribution is -0.153. The van der Waals surface area contributed by atoms with Crippen LogP contribution in [0.4, 0.5) is 0 Å². The molecule has 1 aromatic rings. The van der Waals surface area contributed by atoms with Gasteiger partial charge in [-0.1, -0.05) is 56.3 Å². The van der Waals surface area contributed by atoms with Crippen molar-refractivity contribution in [3.05, 3.63) is 59.7 Å². The molecule has 5 nitrogen and oxygen atoms in total. The first kappa shape index (κ1) is 23.2. The summed E-state index contributed by atoms with van der Waals surface area (Å²) in [6.07, 6.45) is 5.58. The van der Waals surface area contributed by atoms with E-state index in [4.69, 9.17) is 4.74 Å². The van der Waals surface area contributed by atoms with Crippen LogP contribution in [0.2, 0.25) is 0 Å². The van der Waals surface area contributed by atoms with E-state index in [0.29, 0.717) is 25.1 Å². The van der Waals surface area contributed by atoms with E-state index < -0.39 is 11.5 Å². The van der Waals surface area contributed by atoms with Gasteiger partial charge in [-0.15, -0.1) is 0 Å². The number of aliphatic hydroxyl groups is 2. The number of nitrogens with one attached hydrogen (secondary N) is 1. The normalized spacial score (nSPS) is 35.8. The molecule has 0 saturated heterocycles. The zero-order chi connectivity index (χ0) is 22.9. The second-order valence-electron chi connectivity index (χ2n) is 10.4. The highest BCUT2D eigenvalue weighted by Crippen LogP contribution is 2.61. The van der Waals surface area contributed by atoms with E-state index in [2.05, 4.69) is 31.0 Å². The number of allylic oxidation sites excluding steroid dienone is 1. The largest absolute Gasteiger partial charge is 0.458 e. The number of hydrogen-bond acceptors (Lipinski definition) is 5. The van der Waals surface area contributed by atoms with Gasteiger partial charge in [-0.2, -0.15) is 0 Å². The number of hydrogen-bond donors (Lipinski definition) is 3. The van der Waals surface area contributed by atoms with Crippen LogP contribution in [-0.4, -0.2) is 41.5 Å². The topological polar surface area (TPSA) is 78.8 Å². The van der Waals surface area contributed by atoms with Gasteiger partial charge in [0.05, 0.1) is 18.3 Å². The quantitative estimate of drug-likeness (QED) is 0.445. The molecule has 32 heavy (non-hydrogen) atoms. The van der Waals surface area contributed by atoms with Crippen LogP contribution in [0.1, 0.15) is 51.5 Å². The van der Waals surface area contributed by atoms with Gasteiger partial charge in [0.25, 0.3) is 0 Å². The molecule has 6 atom stereocenters. The van der Waals surface area contributed by atoms with Crippen molar-refractivity contribution in [3.8, 4) is 0 Å². The maximum absolute atomic E-state index is 12.5. The molecule has 0 amide bonds. The summed E-state index contributed by atoms with van der Waals surface area (Å²) < 4.78 is 5.25. The van der Waals surface area contributed by atoms with Crippen molar-refractivity contribution in [2.45, 2.75) is 64.6 Å². The smallest absolute Gasteiger partial charge is 0.335 e. The molecule has 2 aliphatic carbocycles. The SMILES string of the molecule is C=C1CCC2C(C)(CO)C(O)CCC2(C)C1CC(NCc1ccccc1)C1=CCOC1=O. The monoisotopic (exact) mass is 439 g/mol. The molecule has 0 bridgehead atoms. The van der Waals surface area contributed by atoms with Crippen molar-refractivity contribution in [2.75, 3.05) is 13.2 Å². The molecule has 0 radical (unpaired) electrons. The molecular formula is C27H37NO4. The van der Waals surface area contributed by atoms with Crippen LogP contribution in [0.15, 0.2) is 54.1 Å². The summed E-state index contributed by atoms with van der Waals surface area (Å²) in [7, 11) is 0. The molecule has 3 N–H and O–H groups in total. The molecule has 174 valence electrons. The van der Waals surface area contributed by atoms with Crippen molar-refractivity contribution in [1.29, 1.82) is 0 Å².